The highest BCUT2D eigenvalue weighted by Gasteiger charge is 2.19. The predicted octanol–water partition coefficient (Wildman–Crippen LogP) is 1.26. The lowest BCUT2D eigenvalue weighted by molar-refractivity contribution is -0.136. The largest absolute Gasteiger partial charge is 0.378 e. The van der Waals surface area contributed by atoms with Crippen LogP contribution < -0.4 is 5.32 Å². The Balaban J connectivity index is 2.43. The van der Waals surface area contributed by atoms with E-state index in [2.05, 4.69) is 12.2 Å². The van der Waals surface area contributed by atoms with E-state index in [1.165, 1.54) is 0 Å². The normalized spacial score (nSPS) is 20.9. The van der Waals surface area contributed by atoms with Crippen LogP contribution in [0.1, 0.15) is 33.1 Å². The number of nitrogens with zero attached hydrogens (tertiary/aromatic N) is 1. The van der Waals surface area contributed by atoms with Gasteiger partial charge in [0.25, 0.3) is 0 Å². The van der Waals surface area contributed by atoms with Crippen molar-refractivity contribution in [1.82, 2.24) is 10.2 Å². The molecule has 17 heavy (non-hydrogen) atoms. The highest BCUT2D eigenvalue weighted by atomic mass is 16.5. The van der Waals surface area contributed by atoms with Crippen LogP contribution in [0.15, 0.2) is 0 Å². The number of hydrogen-bond donors (Lipinski definition) is 1. The van der Waals surface area contributed by atoms with Gasteiger partial charge in [-0.05, 0) is 19.4 Å². The van der Waals surface area contributed by atoms with Gasteiger partial charge < -0.3 is 15.0 Å². The van der Waals surface area contributed by atoms with Crippen LogP contribution in [0.4, 0.5) is 0 Å². The standard InChI is InChI=1S/C13H26N2O2/c1-3-5-12(2)13(16)15-8-4-6-14-7-10-17-11-9-15/h12,14H,3-11H2,1-2H3. The van der Waals surface area contributed by atoms with Crippen LogP contribution >= 0.6 is 0 Å². The van der Waals surface area contributed by atoms with E-state index in [0.717, 1.165) is 52.0 Å². The van der Waals surface area contributed by atoms with E-state index in [1.807, 2.05) is 11.8 Å². The van der Waals surface area contributed by atoms with E-state index >= 15 is 0 Å². The van der Waals surface area contributed by atoms with Gasteiger partial charge in [-0.3, -0.25) is 4.79 Å². The van der Waals surface area contributed by atoms with E-state index in [0.29, 0.717) is 6.61 Å². The molecule has 1 atom stereocenters. The zero-order valence-corrected chi connectivity index (χ0v) is 11.2. The van der Waals surface area contributed by atoms with Gasteiger partial charge in [0.2, 0.25) is 5.91 Å². The fraction of sp³-hybridized carbons (Fsp3) is 0.923. The molecule has 1 amide bonds. The molecular formula is C13H26N2O2. The molecule has 1 aliphatic rings. The number of hydrogen-bond acceptors (Lipinski definition) is 3. The van der Waals surface area contributed by atoms with Gasteiger partial charge in [0, 0.05) is 25.6 Å². The lowest BCUT2D eigenvalue weighted by Gasteiger charge is -2.26. The first-order chi connectivity index (χ1) is 8.25. The van der Waals surface area contributed by atoms with Gasteiger partial charge in [0.1, 0.15) is 0 Å². The van der Waals surface area contributed by atoms with Crippen molar-refractivity contribution in [2.45, 2.75) is 33.1 Å². The van der Waals surface area contributed by atoms with Crippen molar-refractivity contribution in [1.29, 1.82) is 0 Å². The zero-order chi connectivity index (χ0) is 12.5. The maximum absolute atomic E-state index is 12.2. The summed E-state index contributed by atoms with van der Waals surface area (Å²) in [6, 6.07) is 0. The first-order valence-corrected chi connectivity index (χ1v) is 6.83. The third-order valence-electron chi connectivity index (χ3n) is 3.17. The summed E-state index contributed by atoms with van der Waals surface area (Å²) < 4.78 is 5.47. The Morgan fingerprint density at radius 1 is 1.35 bits per heavy atom. The first-order valence-electron chi connectivity index (χ1n) is 6.83. The Bertz CT molecular complexity index is 211. The molecule has 4 nitrogen and oxygen atoms in total. The highest BCUT2D eigenvalue weighted by Crippen LogP contribution is 2.10. The maximum Gasteiger partial charge on any atom is 0.225 e. The third kappa shape index (κ3) is 5.50. The van der Waals surface area contributed by atoms with Gasteiger partial charge in [-0.25, -0.2) is 0 Å². The second-order valence-corrected chi connectivity index (χ2v) is 4.73. The Morgan fingerprint density at radius 2 is 2.18 bits per heavy atom. The molecule has 100 valence electrons. The number of nitrogens with one attached hydrogen (secondary N) is 1. The summed E-state index contributed by atoms with van der Waals surface area (Å²) >= 11 is 0. The van der Waals surface area contributed by atoms with Gasteiger partial charge in [0.05, 0.1) is 13.2 Å². The average Bonchev–Trinajstić information content (AvgIpc) is 2.35. The van der Waals surface area contributed by atoms with Crippen LogP contribution in [0, 0.1) is 5.92 Å². The van der Waals surface area contributed by atoms with Crippen molar-refractivity contribution in [3.63, 3.8) is 0 Å². The smallest absolute Gasteiger partial charge is 0.225 e. The van der Waals surface area contributed by atoms with Crippen LogP contribution in [0.2, 0.25) is 0 Å². The Hall–Kier alpha value is -0.610. The van der Waals surface area contributed by atoms with Crippen LogP contribution in [-0.4, -0.2) is 50.2 Å². The van der Waals surface area contributed by atoms with Crippen molar-refractivity contribution < 1.29 is 9.53 Å². The van der Waals surface area contributed by atoms with Gasteiger partial charge >= 0.3 is 0 Å². The quantitative estimate of drug-likeness (QED) is 0.810. The van der Waals surface area contributed by atoms with Crippen LogP contribution in [-0.2, 0) is 9.53 Å². The van der Waals surface area contributed by atoms with Crippen LogP contribution in [0.25, 0.3) is 0 Å². The van der Waals surface area contributed by atoms with Gasteiger partial charge in [-0.1, -0.05) is 20.3 Å². The van der Waals surface area contributed by atoms with Crippen molar-refractivity contribution in [2.75, 3.05) is 39.4 Å². The second kappa shape index (κ2) is 8.48. The average molecular weight is 242 g/mol. The summed E-state index contributed by atoms with van der Waals surface area (Å²) in [7, 11) is 0. The molecule has 0 aliphatic carbocycles. The molecule has 4 heteroatoms. The summed E-state index contributed by atoms with van der Waals surface area (Å²) in [5.74, 6) is 0.437. The molecule has 0 spiro atoms. The maximum atomic E-state index is 12.2. The van der Waals surface area contributed by atoms with Crippen molar-refractivity contribution >= 4 is 5.91 Å². The molecule has 0 aromatic heterocycles. The predicted molar refractivity (Wildman–Crippen MR) is 69.0 cm³/mol. The minimum atomic E-state index is 0.149. The Kier molecular flexibility index (Phi) is 7.21. The molecule has 1 aliphatic heterocycles. The third-order valence-corrected chi connectivity index (χ3v) is 3.17. The number of carbonyl (C=O) groups is 1. The molecule has 0 bridgehead atoms. The molecule has 1 fully saturated rings. The molecule has 1 N–H and O–H groups in total. The summed E-state index contributed by atoms with van der Waals surface area (Å²) in [5, 5.41) is 3.31. The van der Waals surface area contributed by atoms with E-state index in [1.54, 1.807) is 0 Å². The minimum Gasteiger partial charge on any atom is -0.378 e. The van der Waals surface area contributed by atoms with Crippen LogP contribution in [0.3, 0.4) is 0 Å². The fourth-order valence-corrected chi connectivity index (χ4v) is 2.14. The van der Waals surface area contributed by atoms with E-state index < -0.39 is 0 Å². The number of carbonyl (C=O) groups excluding carboxylic acids is 1. The number of amides is 1. The lowest BCUT2D eigenvalue weighted by atomic mass is 10.0. The van der Waals surface area contributed by atoms with Gasteiger partial charge in [-0.2, -0.15) is 0 Å². The lowest BCUT2D eigenvalue weighted by Crippen LogP contribution is -2.40. The summed E-state index contributed by atoms with van der Waals surface area (Å²) in [6.07, 6.45) is 3.08. The number of rotatable bonds is 3. The Morgan fingerprint density at radius 3 is 2.94 bits per heavy atom. The summed E-state index contributed by atoms with van der Waals surface area (Å²) in [4.78, 5) is 14.2. The molecule has 0 aromatic rings. The minimum absolute atomic E-state index is 0.149. The second-order valence-electron chi connectivity index (χ2n) is 4.73. The molecule has 1 rings (SSSR count). The fourth-order valence-electron chi connectivity index (χ4n) is 2.14. The van der Waals surface area contributed by atoms with E-state index in [9.17, 15) is 4.79 Å². The van der Waals surface area contributed by atoms with Gasteiger partial charge in [0.15, 0.2) is 0 Å². The molecule has 1 unspecified atom stereocenters. The molecule has 0 aromatic carbocycles. The molecule has 0 saturated carbocycles. The zero-order valence-electron chi connectivity index (χ0n) is 11.2. The molecule has 1 saturated heterocycles. The SMILES string of the molecule is CCCC(C)C(=O)N1CCCNCCOCC1. The molecule has 0 radical (unpaired) electrons. The monoisotopic (exact) mass is 242 g/mol. The highest BCUT2D eigenvalue weighted by molar-refractivity contribution is 5.78. The van der Waals surface area contributed by atoms with Crippen LogP contribution in [0.5, 0.6) is 0 Å². The van der Waals surface area contributed by atoms with Gasteiger partial charge in [-0.15, -0.1) is 0 Å². The number of ether oxygens (including phenoxy) is 1. The van der Waals surface area contributed by atoms with Crippen molar-refractivity contribution in [3.8, 4) is 0 Å². The summed E-state index contributed by atoms with van der Waals surface area (Å²) in [5.41, 5.74) is 0. The topological polar surface area (TPSA) is 41.6 Å². The molecular weight excluding hydrogens is 216 g/mol. The Labute approximate surface area is 105 Å². The van der Waals surface area contributed by atoms with Crippen molar-refractivity contribution in [2.24, 2.45) is 5.92 Å². The van der Waals surface area contributed by atoms with E-state index in [4.69, 9.17) is 4.74 Å². The molecule has 1 heterocycles. The van der Waals surface area contributed by atoms with Crippen molar-refractivity contribution in [3.05, 3.63) is 0 Å². The first kappa shape index (κ1) is 14.5. The summed E-state index contributed by atoms with van der Waals surface area (Å²) in [6.45, 7) is 9.04. The van der Waals surface area contributed by atoms with E-state index in [-0.39, 0.29) is 11.8 Å².